The zero-order valence-electron chi connectivity index (χ0n) is 58.9. The van der Waals surface area contributed by atoms with Crippen molar-refractivity contribution in [2.24, 2.45) is 94.7 Å². The second-order valence-corrected chi connectivity index (χ2v) is 31.8. The van der Waals surface area contributed by atoms with E-state index in [1.165, 1.54) is 25.0 Å². The largest absolute Gasteiger partial charge is 0.480 e. The number of carbonyl (C=O) groups is 8. The molecule has 1 aromatic carbocycles. The van der Waals surface area contributed by atoms with Crippen LogP contribution in [0.3, 0.4) is 0 Å². The number of thioether (sulfide) groups is 1. The number of primary amides is 5. The fourth-order valence-corrected chi connectivity index (χ4v) is 18.3. The Bertz CT molecular complexity index is 3830. The molecule has 30 nitrogen and oxygen atoms in total. The van der Waals surface area contributed by atoms with Crippen LogP contribution in [0.5, 0.6) is 0 Å². The van der Waals surface area contributed by atoms with Gasteiger partial charge < -0.3 is 79.9 Å². The van der Waals surface area contributed by atoms with Crippen LogP contribution in [0.1, 0.15) is 157 Å². The number of amides is 7. The topological polar surface area (TPSA) is 509 Å². The number of hydrogen-bond donors (Lipinski definition) is 13. The van der Waals surface area contributed by atoms with Gasteiger partial charge in [0.1, 0.15) is 24.4 Å². The maximum Gasteiger partial charge on any atom is 0.472 e. The average molecular weight is 1430 g/mol. The number of nitrogens with one attached hydrogen (secondary N) is 3. The van der Waals surface area contributed by atoms with Gasteiger partial charge in [-0.3, -0.25) is 62.4 Å². The van der Waals surface area contributed by atoms with E-state index in [0.29, 0.717) is 68.6 Å². The van der Waals surface area contributed by atoms with Crippen molar-refractivity contribution in [3.8, 4) is 0 Å². The molecule has 1 unspecified atom stereocenters. The Hall–Kier alpha value is -7.22. The van der Waals surface area contributed by atoms with Crippen LogP contribution in [-0.2, 0) is 56.7 Å². The molecule has 100 heavy (non-hydrogen) atoms. The Morgan fingerprint density at radius 1 is 0.820 bits per heavy atom. The molecular weight excluding hydrogens is 1330 g/mol. The lowest BCUT2D eigenvalue weighted by Gasteiger charge is -2.48. The van der Waals surface area contributed by atoms with E-state index in [0.717, 1.165) is 11.1 Å². The highest BCUT2D eigenvalue weighted by Crippen LogP contribution is 2.63. The van der Waals surface area contributed by atoms with Gasteiger partial charge in [0, 0.05) is 143 Å². The first-order chi connectivity index (χ1) is 46.6. The quantitative estimate of drug-likeness (QED) is 0.0360. The number of hydrogen-bond acceptors (Lipinski definition) is 21. The lowest BCUT2D eigenvalue weighted by molar-refractivity contribution is -0.138. The highest BCUT2D eigenvalue weighted by molar-refractivity contribution is 7.99. The van der Waals surface area contributed by atoms with Gasteiger partial charge in [-0.25, -0.2) is 9.55 Å². The number of nitrogens with two attached hydrogens (primary N) is 6. The normalized spacial score (nSPS) is 32.2. The van der Waals surface area contributed by atoms with Gasteiger partial charge in [0.15, 0.2) is 6.23 Å². The highest BCUT2D eigenvalue weighted by Gasteiger charge is 2.66. The van der Waals surface area contributed by atoms with Crippen LogP contribution in [0, 0.1) is 59.2 Å². The molecule has 6 aliphatic heterocycles. The first kappa shape index (κ1) is 78.5. The number of aryl methyl sites for hydroxylation is 2. The maximum absolute atomic E-state index is 14.5. The fraction of sp³-hybridized carbons (Fsp3) is 0.647. The average Bonchev–Trinajstić information content (AvgIpc) is 1.53. The number of phosphoric acid groups is 1. The first-order valence-electron chi connectivity index (χ1n) is 33.9. The van der Waals surface area contributed by atoms with Crippen molar-refractivity contribution >= 4 is 95.1 Å². The molecule has 1 aromatic heterocycles. The Balaban J connectivity index is 1.19. The van der Waals surface area contributed by atoms with Crippen molar-refractivity contribution < 1.29 is 76.9 Å². The molecule has 2 fully saturated rings. The number of aliphatic hydroxyl groups is 2. The molecule has 0 radical (unpaired) electrons. The summed E-state index contributed by atoms with van der Waals surface area (Å²) in [6.45, 7) is 19.5. The number of aliphatic carboxylic acids is 1. The monoisotopic (exact) mass is 1430 g/mol. The van der Waals surface area contributed by atoms with Gasteiger partial charge in [0.25, 0.3) is 0 Å². The minimum atomic E-state index is -5.10. The number of benzene rings is 1. The fourth-order valence-electron chi connectivity index (χ4n) is 16.2. The standard InChI is InChI=1S/C68H101N14O16PS/c1-33-23-44-45(24-34(33)2)82(32-77-44)62-57(91)58(46(30-83)96-62)98-99(94,95)97-35(3)29-76-54(90)19-20-65(8)41(25-50(72)86)61-68(11)67(10,28-52(74)88)40(15-18-53(89)75-21-12-22-100-31-42(69)63(92)93)56(81-68)37(5)60-66(9,27-51(73)87)38(13-16-48(70)84)43(78-60)26-47-64(6,7)39(14-17-49(71)85)55(79-47)36(4)59(65)80-61/h23-24,26,32,35,38-42,46,57-58,61-62,78,83,91H,12-22,25,27-31,69H2,1-11H3,(H2,70,84)(H2,71,85)(H2,72,86)(H2,73,87)(H2,74,88)(H,75,89)(H,76,90)(H,92,93)(H,94,95)/b43-26-,55-36-,60-37-/t35-,38-,39-,40-,41+,42+,46+,57-,58-,61-,62+,65-,66+,67+,68-/m1/s1. The number of aliphatic imine (C=N–C) groups is 3. The van der Waals surface area contributed by atoms with E-state index in [1.807, 2.05) is 87.4 Å². The van der Waals surface area contributed by atoms with Crippen LogP contribution in [0.25, 0.3) is 11.0 Å². The molecule has 0 aliphatic carbocycles. The second kappa shape index (κ2) is 30.8. The summed E-state index contributed by atoms with van der Waals surface area (Å²) in [5.74, 6) is -7.56. The molecule has 2 aromatic rings. The molecule has 8 bridgehead atoms. The SMILES string of the molecule is C/C1=C2N=C(/C=C3\N/C(=C(/C)C4=N[C@](C)([C@@H]5N=C1[C@](C)(CCC(=O)NC[C@@H](C)OP(=O)(O)O[C@H]1[C@@H](O)[C@@H](n6cnc7cc(C)c(C)cc76)O[C@H]1CO)[C@H]5CC(N)=O)[C@@](C)(CC(N)=O)[C@@H]4CCC(=O)NCCCSC[C@H](N)C(=O)O)[C@@](C)(CC(N)=O)[C@@H]3CCC(N)=O)C(C)(C)[C@@H]/2CCC(N)=O. The van der Waals surface area contributed by atoms with Crippen LogP contribution < -0.4 is 50.4 Å². The third kappa shape index (κ3) is 16.2. The predicted octanol–water partition coefficient (Wildman–Crippen LogP) is 3.33. The van der Waals surface area contributed by atoms with E-state index in [2.05, 4.69) is 20.9 Å². The molecule has 19 N–H and O–H groups in total. The molecule has 7 heterocycles. The van der Waals surface area contributed by atoms with E-state index >= 15 is 0 Å². The minimum Gasteiger partial charge on any atom is -0.480 e. The highest BCUT2D eigenvalue weighted by atomic mass is 32.2. The van der Waals surface area contributed by atoms with Gasteiger partial charge in [-0.05, 0) is 120 Å². The van der Waals surface area contributed by atoms with Gasteiger partial charge >= 0.3 is 13.8 Å². The van der Waals surface area contributed by atoms with E-state index in [9.17, 15) is 63.1 Å². The van der Waals surface area contributed by atoms with Crippen LogP contribution in [-0.4, -0.2) is 167 Å². The van der Waals surface area contributed by atoms with Gasteiger partial charge in [0.05, 0.1) is 41.7 Å². The molecule has 8 rings (SSSR count). The van der Waals surface area contributed by atoms with Crippen molar-refractivity contribution in [1.82, 2.24) is 25.5 Å². The number of phosphoric ester groups is 1. The molecule has 0 spiro atoms. The number of carbonyl (C=O) groups excluding carboxylic acids is 7. The molecule has 16 atom stereocenters. The summed E-state index contributed by atoms with van der Waals surface area (Å²) in [5.41, 5.74) is 37.1. The van der Waals surface area contributed by atoms with Crippen molar-refractivity contribution in [1.29, 1.82) is 0 Å². The predicted molar refractivity (Wildman–Crippen MR) is 375 cm³/mol. The van der Waals surface area contributed by atoms with Gasteiger partial charge in [-0.1, -0.05) is 34.6 Å². The third-order valence-electron chi connectivity index (χ3n) is 22.0. The summed E-state index contributed by atoms with van der Waals surface area (Å²) in [7, 11) is -5.10. The summed E-state index contributed by atoms with van der Waals surface area (Å²) in [6, 6.07) is 1.60. The third-order valence-corrected chi connectivity index (χ3v) is 24.3. The first-order valence-corrected chi connectivity index (χ1v) is 36.6. The number of allylic oxidation sites excluding steroid dienone is 6. The van der Waals surface area contributed by atoms with E-state index in [4.69, 9.17) is 63.2 Å². The van der Waals surface area contributed by atoms with Crippen LogP contribution in [0.4, 0.5) is 0 Å². The lowest BCUT2D eigenvalue weighted by atomic mass is 9.55. The van der Waals surface area contributed by atoms with E-state index in [-0.39, 0.29) is 95.4 Å². The van der Waals surface area contributed by atoms with Crippen molar-refractivity contribution in [3.63, 3.8) is 0 Å². The molecule has 32 heteroatoms. The van der Waals surface area contributed by atoms with Gasteiger partial charge in [-0.15, -0.1) is 0 Å². The van der Waals surface area contributed by atoms with Crippen LogP contribution in [0.2, 0.25) is 0 Å². The van der Waals surface area contributed by atoms with Crippen LogP contribution >= 0.6 is 19.6 Å². The number of fused-ring (bicyclic) bond motifs is 7. The molecule has 2 saturated heterocycles. The second-order valence-electron chi connectivity index (χ2n) is 29.3. The Morgan fingerprint density at radius 2 is 1.45 bits per heavy atom. The number of ether oxygens (including phenoxy) is 1. The summed E-state index contributed by atoms with van der Waals surface area (Å²) in [4.78, 5) is 140. The number of imidazole rings is 1. The summed E-state index contributed by atoms with van der Waals surface area (Å²) in [6.07, 6.45) is -4.02. The van der Waals surface area contributed by atoms with Crippen LogP contribution in [0.15, 0.2) is 67.8 Å². The maximum atomic E-state index is 14.5. The Morgan fingerprint density at radius 3 is 2.07 bits per heavy atom. The van der Waals surface area contributed by atoms with E-state index < -0.39 is 149 Å². The van der Waals surface area contributed by atoms with Gasteiger partial charge in [-0.2, -0.15) is 11.8 Å². The van der Waals surface area contributed by atoms with Crippen molar-refractivity contribution in [2.45, 2.75) is 201 Å². The molecule has 6 aliphatic rings. The Labute approximate surface area is 586 Å². The smallest absolute Gasteiger partial charge is 0.472 e. The zero-order valence-corrected chi connectivity index (χ0v) is 60.6. The van der Waals surface area contributed by atoms with Gasteiger partial charge in [0.2, 0.25) is 41.4 Å². The molecule has 550 valence electrons. The number of carboxylic acid groups (broad SMARTS) is 1. The number of aliphatic hydroxyl groups excluding tert-OH is 2. The number of carboxylic acids is 1. The van der Waals surface area contributed by atoms with E-state index in [1.54, 1.807) is 4.57 Å². The number of nitrogens with zero attached hydrogens (tertiary/aromatic N) is 5. The number of aromatic nitrogens is 2. The molecular formula is C68H101N14O16PS. The summed E-state index contributed by atoms with van der Waals surface area (Å²) < 4.78 is 32.4. The minimum absolute atomic E-state index is 0.0358. The summed E-state index contributed by atoms with van der Waals surface area (Å²) >= 11 is 1.34. The van der Waals surface area contributed by atoms with Crippen molar-refractivity contribution in [3.05, 3.63) is 63.9 Å². The summed E-state index contributed by atoms with van der Waals surface area (Å²) in [5, 5.41) is 40.6. The Kier molecular flexibility index (Phi) is 24.2. The molecule has 0 saturated carbocycles. The number of rotatable bonds is 33. The molecule has 7 amide bonds. The van der Waals surface area contributed by atoms with Crippen molar-refractivity contribution in [2.75, 3.05) is 31.2 Å². The lowest BCUT2D eigenvalue weighted by Crippen LogP contribution is -2.56. The zero-order chi connectivity index (χ0) is 74.1.